The van der Waals surface area contributed by atoms with E-state index in [-0.39, 0.29) is 0 Å². The quantitative estimate of drug-likeness (QED) is 0.866. The van der Waals surface area contributed by atoms with Crippen LogP contribution in [0.1, 0.15) is 36.2 Å². The van der Waals surface area contributed by atoms with Gasteiger partial charge in [-0.1, -0.05) is 21.2 Å². The maximum absolute atomic E-state index is 6.04. The fourth-order valence-corrected chi connectivity index (χ4v) is 2.99. The Kier molecular flexibility index (Phi) is 3.76. The molecule has 19 heavy (non-hydrogen) atoms. The van der Waals surface area contributed by atoms with E-state index >= 15 is 0 Å². The predicted molar refractivity (Wildman–Crippen MR) is 71.2 cm³/mol. The van der Waals surface area contributed by atoms with Gasteiger partial charge in [-0.3, -0.25) is 4.90 Å². The Morgan fingerprint density at radius 3 is 3.11 bits per heavy atom. The van der Waals surface area contributed by atoms with Crippen LogP contribution in [0.15, 0.2) is 4.52 Å². The molecule has 102 valence electrons. The second-order valence-corrected chi connectivity index (χ2v) is 6.10. The summed E-state index contributed by atoms with van der Waals surface area (Å²) in [6, 6.07) is 0. The first-order valence-corrected chi connectivity index (χ1v) is 7.37. The maximum atomic E-state index is 6.04. The SMILES string of the molecule is Cc1noc([C@H]2CCCN(Cc3nnsc3Cl)C2)n1. The Bertz CT molecular complexity index is 557. The Morgan fingerprint density at radius 2 is 2.42 bits per heavy atom. The van der Waals surface area contributed by atoms with Crippen molar-refractivity contribution in [3.63, 3.8) is 0 Å². The predicted octanol–water partition coefficient (Wildman–Crippen LogP) is 2.26. The summed E-state index contributed by atoms with van der Waals surface area (Å²) in [6.07, 6.45) is 2.20. The third-order valence-corrected chi connectivity index (χ3v) is 4.27. The highest BCUT2D eigenvalue weighted by Crippen LogP contribution is 2.27. The molecule has 1 saturated heterocycles. The molecule has 0 spiro atoms. The van der Waals surface area contributed by atoms with Crippen LogP contribution in [0.3, 0.4) is 0 Å². The molecule has 0 amide bonds. The first-order chi connectivity index (χ1) is 9.22. The number of nitrogens with zero attached hydrogens (tertiary/aromatic N) is 5. The van der Waals surface area contributed by atoms with E-state index in [9.17, 15) is 0 Å². The van der Waals surface area contributed by atoms with Crippen LogP contribution in [0.25, 0.3) is 0 Å². The van der Waals surface area contributed by atoms with Crippen molar-refractivity contribution in [1.29, 1.82) is 0 Å². The molecule has 3 heterocycles. The van der Waals surface area contributed by atoms with Gasteiger partial charge in [0.1, 0.15) is 10.0 Å². The minimum atomic E-state index is 0.306. The number of rotatable bonds is 3. The van der Waals surface area contributed by atoms with E-state index in [0.717, 1.165) is 44.1 Å². The molecule has 2 aromatic heterocycles. The molecule has 0 aliphatic carbocycles. The van der Waals surface area contributed by atoms with Crippen LogP contribution in [-0.2, 0) is 6.54 Å². The molecule has 1 fully saturated rings. The van der Waals surface area contributed by atoms with Crippen molar-refractivity contribution in [1.82, 2.24) is 24.6 Å². The minimum absolute atomic E-state index is 0.306. The second kappa shape index (κ2) is 5.52. The molecule has 6 nitrogen and oxygen atoms in total. The lowest BCUT2D eigenvalue weighted by molar-refractivity contribution is 0.178. The fraction of sp³-hybridized carbons (Fsp3) is 0.636. The average molecular weight is 300 g/mol. The van der Waals surface area contributed by atoms with Crippen molar-refractivity contribution >= 4 is 23.1 Å². The molecule has 2 aromatic rings. The maximum Gasteiger partial charge on any atom is 0.231 e. The highest BCUT2D eigenvalue weighted by atomic mass is 35.5. The summed E-state index contributed by atoms with van der Waals surface area (Å²) in [6.45, 7) is 4.51. The van der Waals surface area contributed by atoms with E-state index in [4.69, 9.17) is 16.1 Å². The summed E-state index contributed by atoms with van der Waals surface area (Å²) in [5.74, 6) is 1.74. The number of aryl methyl sites for hydroxylation is 1. The summed E-state index contributed by atoms with van der Waals surface area (Å²) >= 11 is 7.27. The lowest BCUT2D eigenvalue weighted by atomic mass is 9.98. The van der Waals surface area contributed by atoms with E-state index < -0.39 is 0 Å². The number of halogens is 1. The van der Waals surface area contributed by atoms with Gasteiger partial charge in [-0.25, -0.2) is 0 Å². The number of hydrogen-bond donors (Lipinski definition) is 0. The molecule has 8 heteroatoms. The first-order valence-electron chi connectivity index (χ1n) is 6.21. The van der Waals surface area contributed by atoms with Gasteiger partial charge < -0.3 is 4.52 Å². The molecule has 3 rings (SSSR count). The topological polar surface area (TPSA) is 67.9 Å². The second-order valence-electron chi connectivity index (χ2n) is 4.75. The van der Waals surface area contributed by atoms with Gasteiger partial charge in [-0.15, -0.1) is 5.10 Å². The van der Waals surface area contributed by atoms with Crippen molar-refractivity contribution in [3.8, 4) is 0 Å². The highest BCUT2D eigenvalue weighted by molar-refractivity contribution is 7.10. The molecular formula is C11H14ClN5OS. The van der Waals surface area contributed by atoms with Crippen LogP contribution < -0.4 is 0 Å². The van der Waals surface area contributed by atoms with Crippen LogP contribution in [0.2, 0.25) is 4.34 Å². The standard InChI is InChI=1S/C11H14ClN5OS/c1-7-13-11(18-15-7)8-3-2-4-17(5-8)6-9-10(12)19-16-14-9/h8H,2-6H2,1H3/t8-/m0/s1. The van der Waals surface area contributed by atoms with Crippen molar-refractivity contribution < 1.29 is 4.52 Å². The van der Waals surface area contributed by atoms with E-state index in [1.54, 1.807) is 0 Å². The van der Waals surface area contributed by atoms with Crippen molar-refractivity contribution in [2.24, 2.45) is 0 Å². The normalized spacial score (nSPS) is 20.8. The van der Waals surface area contributed by atoms with Crippen molar-refractivity contribution in [2.45, 2.75) is 32.2 Å². The summed E-state index contributed by atoms with van der Waals surface area (Å²) in [4.78, 5) is 6.64. The van der Waals surface area contributed by atoms with Gasteiger partial charge in [0.15, 0.2) is 5.82 Å². The van der Waals surface area contributed by atoms with E-state index in [1.807, 2.05) is 6.92 Å². The smallest absolute Gasteiger partial charge is 0.231 e. The zero-order valence-electron chi connectivity index (χ0n) is 10.5. The van der Waals surface area contributed by atoms with Crippen LogP contribution in [-0.4, -0.2) is 37.7 Å². The number of aromatic nitrogens is 4. The lowest BCUT2D eigenvalue weighted by Gasteiger charge is -2.30. The molecule has 0 aromatic carbocycles. The minimum Gasteiger partial charge on any atom is -0.339 e. The molecule has 0 N–H and O–H groups in total. The largest absolute Gasteiger partial charge is 0.339 e. The van der Waals surface area contributed by atoms with Crippen LogP contribution >= 0.6 is 23.1 Å². The van der Waals surface area contributed by atoms with Gasteiger partial charge in [0.05, 0.1) is 5.92 Å². The Labute approximate surface area is 119 Å². The van der Waals surface area contributed by atoms with E-state index in [2.05, 4.69) is 24.6 Å². The van der Waals surface area contributed by atoms with Gasteiger partial charge in [0.2, 0.25) is 5.89 Å². The summed E-state index contributed by atoms with van der Waals surface area (Å²) in [5, 5.41) is 7.92. The van der Waals surface area contributed by atoms with Crippen LogP contribution in [0, 0.1) is 6.92 Å². The number of likely N-dealkylation sites (tertiary alicyclic amines) is 1. The molecule has 1 atom stereocenters. The number of piperidine rings is 1. The molecule has 1 aliphatic heterocycles. The summed E-state index contributed by atoms with van der Waals surface area (Å²) in [7, 11) is 0. The monoisotopic (exact) mass is 299 g/mol. The van der Waals surface area contributed by atoms with Crippen LogP contribution in [0.5, 0.6) is 0 Å². The van der Waals surface area contributed by atoms with Gasteiger partial charge in [0.25, 0.3) is 0 Å². The molecule has 1 aliphatic rings. The third kappa shape index (κ3) is 2.93. The average Bonchev–Trinajstić information content (AvgIpc) is 3.00. The van der Waals surface area contributed by atoms with E-state index in [0.29, 0.717) is 16.1 Å². The zero-order chi connectivity index (χ0) is 13.2. The van der Waals surface area contributed by atoms with Crippen molar-refractivity contribution in [2.75, 3.05) is 13.1 Å². The summed E-state index contributed by atoms with van der Waals surface area (Å²) < 4.78 is 9.81. The first kappa shape index (κ1) is 13.0. The molecule has 0 bridgehead atoms. The highest BCUT2D eigenvalue weighted by Gasteiger charge is 2.26. The molecule has 0 saturated carbocycles. The van der Waals surface area contributed by atoms with Gasteiger partial charge in [-0.2, -0.15) is 4.98 Å². The van der Waals surface area contributed by atoms with Gasteiger partial charge in [0, 0.05) is 24.6 Å². The van der Waals surface area contributed by atoms with Gasteiger partial charge in [-0.05, 0) is 26.3 Å². The van der Waals surface area contributed by atoms with Crippen LogP contribution in [0.4, 0.5) is 0 Å². The fourth-order valence-electron chi connectivity index (χ4n) is 2.38. The molecule has 0 unspecified atom stereocenters. The van der Waals surface area contributed by atoms with E-state index in [1.165, 1.54) is 11.5 Å². The Balaban J connectivity index is 1.66. The molecule has 0 radical (unpaired) electrons. The Morgan fingerprint density at radius 1 is 1.53 bits per heavy atom. The Hall–Kier alpha value is -1.05. The van der Waals surface area contributed by atoms with Crippen molar-refractivity contribution in [3.05, 3.63) is 21.7 Å². The zero-order valence-corrected chi connectivity index (χ0v) is 12.1. The number of hydrogen-bond acceptors (Lipinski definition) is 7. The molecular weight excluding hydrogens is 286 g/mol. The third-order valence-electron chi connectivity index (χ3n) is 3.28. The lowest BCUT2D eigenvalue weighted by Crippen LogP contribution is -2.34. The summed E-state index contributed by atoms with van der Waals surface area (Å²) in [5.41, 5.74) is 0.856. The van der Waals surface area contributed by atoms with Gasteiger partial charge >= 0.3 is 0 Å².